The van der Waals surface area contributed by atoms with Crippen molar-refractivity contribution in [2.45, 2.75) is 37.6 Å². The Morgan fingerprint density at radius 3 is 2.56 bits per heavy atom. The molecule has 10 heteroatoms. The molecular formula is C24H29FN4O3S2. The number of amides is 1. The van der Waals surface area contributed by atoms with Gasteiger partial charge >= 0.3 is 0 Å². The van der Waals surface area contributed by atoms with Crippen LogP contribution < -0.4 is 4.90 Å². The van der Waals surface area contributed by atoms with Crippen molar-refractivity contribution in [1.29, 1.82) is 0 Å². The molecule has 1 amide bonds. The lowest BCUT2D eigenvalue weighted by Gasteiger charge is -2.29. The van der Waals surface area contributed by atoms with E-state index < -0.39 is 21.9 Å². The van der Waals surface area contributed by atoms with E-state index in [2.05, 4.69) is 6.07 Å². The summed E-state index contributed by atoms with van der Waals surface area (Å²) in [5.41, 5.74) is 3.03. The lowest BCUT2D eigenvalue weighted by molar-refractivity contribution is -0.121. The van der Waals surface area contributed by atoms with Crippen molar-refractivity contribution in [2.24, 2.45) is 0 Å². The Morgan fingerprint density at radius 1 is 1.18 bits per heavy atom. The van der Waals surface area contributed by atoms with E-state index in [0.717, 1.165) is 33.5 Å². The fraction of sp³-hybridized carbons (Fsp3) is 0.417. The van der Waals surface area contributed by atoms with Gasteiger partial charge in [0, 0.05) is 19.6 Å². The van der Waals surface area contributed by atoms with Gasteiger partial charge in [0.25, 0.3) is 0 Å². The van der Waals surface area contributed by atoms with Crippen molar-refractivity contribution >= 4 is 42.6 Å². The molecule has 0 radical (unpaired) electrons. The number of hydrogen-bond acceptors (Lipinski definition) is 6. The fourth-order valence-electron chi connectivity index (χ4n) is 4.28. The van der Waals surface area contributed by atoms with Gasteiger partial charge in [-0.3, -0.25) is 9.69 Å². The van der Waals surface area contributed by atoms with Gasteiger partial charge in [-0.2, -0.15) is 4.31 Å². The number of sulfonamides is 1. The Hall–Kier alpha value is -2.40. The highest BCUT2D eigenvalue weighted by Crippen LogP contribution is 2.34. The van der Waals surface area contributed by atoms with E-state index in [4.69, 9.17) is 4.98 Å². The minimum absolute atomic E-state index is 0.0143. The second kappa shape index (κ2) is 9.69. The van der Waals surface area contributed by atoms with Gasteiger partial charge in [-0.25, -0.2) is 17.8 Å². The zero-order chi connectivity index (χ0) is 24.6. The molecule has 1 aliphatic rings. The van der Waals surface area contributed by atoms with E-state index in [1.54, 1.807) is 4.90 Å². The number of thiazole rings is 1. The third-order valence-electron chi connectivity index (χ3n) is 5.99. The molecule has 0 aliphatic carbocycles. The van der Waals surface area contributed by atoms with Gasteiger partial charge in [0.1, 0.15) is 11.9 Å². The molecule has 1 unspecified atom stereocenters. The topological polar surface area (TPSA) is 73.8 Å². The van der Waals surface area contributed by atoms with Crippen LogP contribution in [0.1, 0.15) is 24.0 Å². The Kier molecular flexibility index (Phi) is 7.04. The van der Waals surface area contributed by atoms with E-state index in [1.807, 2.05) is 38.9 Å². The van der Waals surface area contributed by atoms with E-state index in [0.29, 0.717) is 31.1 Å². The summed E-state index contributed by atoms with van der Waals surface area (Å²) in [5.74, 6) is -0.789. The van der Waals surface area contributed by atoms with E-state index in [9.17, 15) is 17.6 Å². The first-order valence-electron chi connectivity index (χ1n) is 11.2. The number of halogens is 1. The Balaban J connectivity index is 1.70. The average molecular weight is 505 g/mol. The SMILES string of the molecule is Cc1cc(C)c2sc(N(CCN(C)C)C(=O)C3CCCN3S(=O)(=O)c3ccc(F)cc3)nc2c1. The molecule has 0 saturated carbocycles. The van der Waals surface area contributed by atoms with Crippen molar-refractivity contribution in [3.8, 4) is 0 Å². The number of benzene rings is 2. The predicted molar refractivity (Wildman–Crippen MR) is 133 cm³/mol. The average Bonchev–Trinajstić information content (AvgIpc) is 3.42. The van der Waals surface area contributed by atoms with Gasteiger partial charge in [0.2, 0.25) is 15.9 Å². The molecule has 0 bridgehead atoms. The summed E-state index contributed by atoms with van der Waals surface area (Å²) in [6.07, 6.45) is 1.01. The molecule has 2 aromatic carbocycles. The number of likely N-dealkylation sites (N-methyl/N-ethyl adjacent to an activating group) is 1. The van der Waals surface area contributed by atoms with Crippen LogP contribution in [0.25, 0.3) is 10.2 Å². The fourth-order valence-corrected chi connectivity index (χ4v) is 6.97. The molecule has 0 N–H and O–H groups in total. The highest BCUT2D eigenvalue weighted by atomic mass is 32.2. The highest BCUT2D eigenvalue weighted by Gasteiger charge is 2.42. The van der Waals surface area contributed by atoms with E-state index >= 15 is 0 Å². The molecule has 2 heterocycles. The third kappa shape index (κ3) is 4.86. The molecule has 182 valence electrons. The van der Waals surface area contributed by atoms with Crippen LogP contribution in [-0.4, -0.2) is 68.3 Å². The first-order valence-corrected chi connectivity index (χ1v) is 13.4. The first-order chi connectivity index (χ1) is 16.1. The summed E-state index contributed by atoms with van der Waals surface area (Å²) < 4.78 is 42.3. The van der Waals surface area contributed by atoms with Gasteiger partial charge in [-0.15, -0.1) is 0 Å². The molecule has 0 spiro atoms. The van der Waals surface area contributed by atoms with Crippen LogP contribution in [0.5, 0.6) is 0 Å². The third-order valence-corrected chi connectivity index (χ3v) is 9.14. The molecule has 3 aromatic rings. The zero-order valence-corrected chi connectivity index (χ0v) is 21.4. The predicted octanol–water partition coefficient (Wildman–Crippen LogP) is 3.80. The number of carbonyl (C=O) groups is 1. The van der Waals surface area contributed by atoms with Crippen molar-refractivity contribution in [3.05, 3.63) is 53.3 Å². The highest BCUT2D eigenvalue weighted by molar-refractivity contribution is 7.89. The number of nitrogens with zero attached hydrogens (tertiary/aromatic N) is 4. The Morgan fingerprint density at radius 2 is 1.88 bits per heavy atom. The maximum Gasteiger partial charge on any atom is 0.247 e. The molecule has 4 rings (SSSR count). The van der Waals surface area contributed by atoms with Gasteiger partial charge in [0.15, 0.2) is 5.13 Å². The number of rotatable bonds is 7. The number of anilines is 1. The van der Waals surface area contributed by atoms with Gasteiger partial charge in [-0.1, -0.05) is 17.4 Å². The van der Waals surface area contributed by atoms with E-state index in [1.165, 1.54) is 27.8 Å². The van der Waals surface area contributed by atoms with Gasteiger partial charge in [0.05, 0.1) is 15.1 Å². The number of aromatic nitrogens is 1. The van der Waals surface area contributed by atoms with Gasteiger partial charge < -0.3 is 4.90 Å². The number of carbonyl (C=O) groups excluding carboxylic acids is 1. The van der Waals surface area contributed by atoms with Crippen LogP contribution in [-0.2, 0) is 14.8 Å². The Labute approximate surface area is 203 Å². The summed E-state index contributed by atoms with van der Waals surface area (Å²) in [6.45, 7) is 5.28. The zero-order valence-electron chi connectivity index (χ0n) is 19.8. The Bertz CT molecular complexity index is 1310. The smallest absolute Gasteiger partial charge is 0.247 e. The minimum atomic E-state index is -3.94. The monoisotopic (exact) mass is 504 g/mol. The van der Waals surface area contributed by atoms with Crippen molar-refractivity contribution in [3.63, 3.8) is 0 Å². The molecule has 7 nitrogen and oxygen atoms in total. The van der Waals surface area contributed by atoms with Crippen LogP contribution >= 0.6 is 11.3 Å². The summed E-state index contributed by atoms with van der Waals surface area (Å²) in [5, 5.41) is 0.571. The minimum Gasteiger partial charge on any atom is -0.308 e. The lowest BCUT2D eigenvalue weighted by Crippen LogP contribution is -2.49. The maximum absolute atomic E-state index is 13.8. The largest absolute Gasteiger partial charge is 0.308 e. The summed E-state index contributed by atoms with van der Waals surface area (Å²) in [6, 6.07) is 7.98. The van der Waals surface area contributed by atoms with Crippen molar-refractivity contribution < 1.29 is 17.6 Å². The quantitative estimate of drug-likeness (QED) is 0.489. The second-order valence-corrected chi connectivity index (χ2v) is 11.8. The van der Waals surface area contributed by atoms with Crippen molar-refractivity contribution in [1.82, 2.24) is 14.2 Å². The molecule has 1 fully saturated rings. The van der Waals surface area contributed by atoms with Crippen LogP contribution in [0.15, 0.2) is 41.3 Å². The van der Waals surface area contributed by atoms with Crippen LogP contribution in [0.2, 0.25) is 0 Å². The number of aryl methyl sites for hydroxylation is 2. The van der Waals surface area contributed by atoms with Gasteiger partial charge in [-0.05, 0) is 82.2 Å². The molecule has 1 saturated heterocycles. The maximum atomic E-state index is 13.8. The standard InChI is InChI=1S/C24H29FN4O3S2/c1-16-14-17(2)22-20(15-16)26-24(33-22)28(13-12-27(3)4)23(30)21-6-5-11-29(21)34(31,32)19-9-7-18(25)8-10-19/h7-10,14-15,21H,5-6,11-13H2,1-4H3. The normalized spacial score (nSPS) is 17.1. The molecule has 1 aliphatic heterocycles. The van der Waals surface area contributed by atoms with Crippen LogP contribution in [0.4, 0.5) is 9.52 Å². The number of fused-ring (bicyclic) bond motifs is 1. The molecule has 1 atom stereocenters. The molecule has 34 heavy (non-hydrogen) atoms. The van der Waals surface area contributed by atoms with E-state index in [-0.39, 0.29) is 17.3 Å². The molecular weight excluding hydrogens is 475 g/mol. The lowest BCUT2D eigenvalue weighted by atomic mass is 10.1. The molecule has 1 aromatic heterocycles. The van der Waals surface area contributed by atoms with Crippen molar-refractivity contribution in [2.75, 3.05) is 38.6 Å². The summed E-state index contributed by atoms with van der Waals surface area (Å²) in [4.78, 5) is 22.2. The first kappa shape index (κ1) is 24.7. The summed E-state index contributed by atoms with van der Waals surface area (Å²) >= 11 is 1.45. The van der Waals surface area contributed by atoms with Crippen LogP contribution in [0, 0.1) is 19.7 Å². The summed E-state index contributed by atoms with van der Waals surface area (Å²) in [7, 11) is -0.0899. The van der Waals surface area contributed by atoms with Crippen LogP contribution in [0.3, 0.4) is 0 Å². The number of hydrogen-bond donors (Lipinski definition) is 0. The second-order valence-electron chi connectivity index (χ2n) is 8.95.